The van der Waals surface area contributed by atoms with Crippen molar-refractivity contribution < 1.29 is 24.2 Å². The summed E-state index contributed by atoms with van der Waals surface area (Å²) < 4.78 is 8.22. The van der Waals surface area contributed by atoms with Gasteiger partial charge in [-0.1, -0.05) is 55.2 Å². The Morgan fingerprint density at radius 3 is 2.46 bits per heavy atom. The zero-order valence-corrected chi connectivity index (χ0v) is 28.1. The maximum atomic E-state index is 13.8. The summed E-state index contributed by atoms with van der Waals surface area (Å²) in [6, 6.07) is 11.1. The van der Waals surface area contributed by atoms with Gasteiger partial charge in [-0.05, 0) is 61.3 Å². The molecule has 0 bridgehead atoms. The van der Waals surface area contributed by atoms with Gasteiger partial charge in [-0.2, -0.15) is 0 Å². The second-order valence-corrected chi connectivity index (χ2v) is 14.8. The van der Waals surface area contributed by atoms with Crippen molar-refractivity contribution >= 4 is 57.6 Å². The van der Waals surface area contributed by atoms with Crippen molar-refractivity contribution in [1.29, 1.82) is 0 Å². The third-order valence-electron chi connectivity index (χ3n) is 9.91. The van der Waals surface area contributed by atoms with E-state index in [0.717, 1.165) is 43.3 Å². The van der Waals surface area contributed by atoms with E-state index in [2.05, 4.69) is 24.1 Å². The van der Waals surface area contributed by atoms with Crippen LogP contribution in [0.5, 0.6) is 0 Å². The highest BCUT2D eigenvalue weighted by Crippen LogP contribution is 2.37. The Hall–Kier alpha value is -3.11. The van der Waals surface area contributed by atoms with Crippen LogP contribution in [0, 0.1) is 11.3 Å². The van der Waals surface area contributed by atoms with Crippen LogP contribution in [0.15, 0.2) is 42.6 Å². The molecule has 0 spiro atoms. The average molecular weight is 670 g/mol. The van der Waals surface area contributed by atoms with Crippen molar-refractivity contribution in [2.75, 3.05) is 31.6 Å². The molecule has 3 aromatic rings. The van der Waals surface area contributed by atoms with Crippen LogP contribution in [0.4, 0.5) is 5.69 Å². The lowest BCUT2D eigenvalue weighted by Gasteiger charge is -2.49. The molecule has 3 aliphatic rings. The zero-order valence-electron chi connectivity index (χ0n) is 26.6. The van der Waals surface area contributed by atoms with Crippen LogP contribution >= 0.6 is 23.2 Å². The topological polar surface area (TPSA) is 104 Å². The molecule has 11 heteroatoms. The van der Waals surface area contributed by atoms with Gasteiger partial charge in [0.1, 0.15) is 0 Å². The third kappa shape index (κ3) is 6.93. The number of nitrogens with zero attached hydrogens (tertiary/aromatic N) is 3. The van der Waals surface area contributed by atoms with Crippen molar-refractivity contribution in [3.05, 3.63) is 63.8 Å². The van der Waals surface area contributed by atoms with Gasteiger partial charge in [-0.3, -0.25) is 19.3 Å². The number of aromatic nitrogens is 1. The number of carbonyl (C=O) groups excluding carboxylic acids is 2. The Morgan fingerprint density at radius 2 is 1.76 bits per heavy atom. The van der Waals surface area contributed by atoms with E-state index in [-0.39, 0.29) is 47.8 Å². The van der Waals surface area contributed by atoms with Crippen LogP contribution in [0.3, 0.4) is 0 Å². The van der Waals surface area contributed by atoms with Crippen molar-refractivity contribution in [3.63, 3.8) is 0 Å². The fraction of sp³-hybridized carbons (Fsp3) is 0.514. The van der Waals surface area contributed by atoms with Crippen LogP contribution in [0.25, 0.3) is 10.9 Å². The normalized spacial score (nSPS) is 24.6. The highest BCUT2D eigenvalue weighted by Gasteiger charge is 2.45. The Labute approximate surface area is 279 Å². The maximum Gasteiger partial charge on any atom is 0.306 e. The van der Waals surface area contributed by atoms with Crippen LogP contribution in [0.2, 0.25) is 10.0 Å². The standard InChI is InChI=1S/C35H42Cl2N4O5/c1-35(2)19-40(20-35)23-14-24(18-46-25-10-8-21(9-11-25)34(44)45)41(16-23)32(42)13-22-12-29(37)30(15-28(22)36)38-33(43)27-17-39(3)31-7-5-4-6-26(27)31/h4-7,12,15,17,21,23-25H,8-11,13-14,16,18-20H2,1-3H3,(H,38,43)(H,44,45)/t21?,23-,24-,25?/m0/s1. The van der Waals surface area contributed by atoms with Gasteiger partial charge in [-0.25, -0.2) is 0 Å². The molecular weight excluding hydrogens is 627 g/mol. The first kappa shape index (κ1) is 32.8. The van der Waals surface area contributed by atoms with Crippen LogP contribution in [-0.4, -0.2) is 81.7 Å². The summed E-state index contributed by atoms with van der Waals surface area (Å²) in [6.07, 6.45) is 5.40. The second-order valence-electron chi connectivity index (χ2n) is 14.0. The smallest absolute Gasteiger partial charge is 0.306 e. The first-order chi connectivity index (χ1) is 21.9. The summed E-state index contributed by atoms with van der Waals surface area (Å²) in [4.78, 5) is 42.8. The van der Waals surface area contributed by atoms with Crippen molar-refractivity contribution in [2.45, 2.75) is 70.6 Å². The van der Waals surface area contributed by atoms with E-state index < -0.39 is 5.97 Å². The summed E-state index contributed by atoms with van der Waals surface area (Å²) in [7, 11) is 1.89. The van der Waals surface area contributed by atoms with Crippen molar-refractivity contribution in [1.82, 2.24) is 14.4 Å². The summed E-state index contributed by atoms with van der Waals surface area (Å²) in [5.74, 6) is -1.37. The summed E-state index contributed by atoms with van der Waals surface area (Å²) >= 11 is 13.3. The predicted molar refractivity (Wildman–Crippen MR) is 180 cm³/mol. The van der Waals surface area contributed by atoms with E-state index >= 15 is 0 Å². The van der Waals surface area contributed by atoms with E-state index in [1.165, 1.54) is 0 Å². The number of aliphatic carboxylic acids is 1. The number of hydrogen-bond donors (Lipinski definition) is 2. The summed E-state index contributed by atoms with van der Waals surface area (Å²) in [6.45, 7) is 7.57. The van der Waals surface area contributed by atoms with Gasteiger partial charge in [-0.15, -0.1) is 0 Å². The minimum atomic E-state index is -0.731. The Morgan fingerprint density at radius 1 is 1.04 bits per heavy atom. The van der Waals surface area contributed by atoms with Crippen LogP contribution in [0.1, 0.15) is 61.9 Å². The predicted octanol–water partition coefficient (Wildman–Crippen LogP) is 6.25. The molecule has 0 unspecified atom stereocenters. The Balaban J connectivity index is 1.12. The zero-order chi connectivity index (χ0) is 32.7. The molecule has 0 radical (unpaired) electrons. The fourth-order valence-electron chi connectivity index (χ4n) is 7.45. The van der Waals surface area contributed by atoms with E-state index in [9.17, 15) is 19.5 Å². The number of nitrogens with one attached hydrogen (secondary N) is 1. The summed E-state index contributed by atoms with van der Waals surface area (Å²) in [5, 5.41) is 13.7. The molecule has 6 rings (SSSR count). The first-order valence-corrected chi connectivity index (χ1v) is 16.9. The number of benzene rings is 2. The SMILES string of the molecule is Cn1cc(C(=O)Nc2cc(Cl)c(CC(=O)N3C[C@@H](N4CC(C)(C)C4)C[C@H]3COC3CCC(C(=O)O)CC3)cc2Cl)c2ccccc21. The number of hydrogen-bond acceptors (Lipinski definition) is 5. The van der Waals surface area contributed by atoms with Gasteiger partial charge in [0.2, 0.25) is 5.91 Å². The lowest BCUT2D eigenvalue weighted by Crippen LogP contribution is -2.57. The van der Waals surface area contributed by atoms with Crippen molar-refractivity contribution in [2.24, 2.45) is 18.4 Å². The number of carbonyl (C=O) groups is 3. The van der Waals surface area contributed by atoms with Gasteiger partial charge in [0, 0.05) is 54.8 Å². The van der Waals surface area contributed by atoms with Crippen LogP contribution < -0.4 is 5.32 Å². The van der Waals surface area contributed by atoms with E-state index in [0.29, 0.717) is 52.9 Å². The number of aryl methyl sites for hydroxylation is 1. The molecule has 46 heavy (non-hydrogen) atoms. The monoisotopic (exact) mass is 668 g/mol. The number of anilines is 1. The molecule has 1 aliphatic carbocycles. The molecule has 1 aromatic heterocycles. The largest absolute Gasteiger partial charge is 0.481 e. The van der Waals surface area contributed by atoms with E-state index in [4.69, 9.17) is 27.9 Å². The molecule has 246 valence electrons. The molecule has 2 atom stereocenters. The number of amides is 2. The van der Waals surface area contributed by atoms with Gasteiger partial charge in [0.15, 0.2) is 0 Å². The molecular formula is C35H42Cl2N4O5. The number of ether oxygens (including phenoxy) is 1. The number of carboxylic acid groups (broad SMARTS) is 1. The first-order valence-electron chi connectivity index (χ1n) is 16.1. The Bertz CT molecular complexity index is 1640. The highest BCUT2D eigenvalue weighted by atomic mass is 35.5. The lowest BCUT2D eigenvalue weighted by molar-refractivity contribution is -0.144. The second kappa shape index (κ2) is 13.2. The molecule has 3 heterocycles. The van der Waals surface area contributed by atoms with E-state index in [1.807, 2.05) is 40.8 Å². The Kier molecular flexibility index (Phi) is 9.40. The molecule has 2 aliphatic heterocycles. The number of para-hydroxylation sites is 1. The molecule has 2 saturated heterocycles. The molecule has 3 fully saturated rings. The van der Waals surface area contributed by atoms with E-state index in [1.54, 1.807) is 18.3 Å². The minimum absolute atomic E-state index is 0.0134. The molecule has 2 N–H and O–H groups in total. The van der Waals surface area contributed by atoms with Gasteiger partial charge in [0.05, 0.1) is 47.4 Å². The number of halogens is 2. The molecule has 9 nitrogen and oxygen atoms in total. The maximum absolute atomic E-state index is 13.8. The molecule has 2 amide bonds. The number of likely N-dealkylation sites (tertiary alicyclic amines) is 2. The van der Waals surface area contributed by atoms with Crippen LogP contribution in [-0.2, 0) is 27.8 Å². The van der Waals surface area contributed by atoms with Gasteiger partial charge >= 0.3 is 5.97 Å². The molecule has 2 aromatic carbocycles. The quantitative estimate of drug-likeness (QED) is 0.279. The molecule has 1 saturated carbocycles. The minimum Gasteiger partial charge on any atom is -0.481 e. The van der Waals surface area contributed by atoms with Gasteiger partial charge < -0.3 is 24.6 Å². The highest BCUT2D eigenvalue weighted by molar-refractivity contribution is 6.36. The number of fused-ring (bicyclic) bond motifs is 1. The third-order valence-corrected chi connectivity index (χ3v) is 10.6. The fourth-order valence-corrected chi connectivity index (χ4v) is 7.92. The lowest BCUT2D eigenvalue weighted by atomic mass is 9.83. The average Bonchev–Trinajstić information content (AvgIpc) is 3.59. The van der Waals surface area contributed by atoms with Crippen molar-refractivity contribution in [3.8, 4) is 0 Å². The number of rotatable bonds is 9. The van der Waals surface area contributed by atoms with Gasteiger partial charge in [0.25, 0.3) is 5.91 Å². The summed E-state index contributed by atoms with van der Waals surface area (Å²) in [5.41, 5.74) is 2.73. The number of carboxylic acids is 1.